The molecule has 0 saturated heterocycles. The Hall–Kier alpha value is -0.130. The van der Waals surface area contributed by atoms with Crippen LogP contribution in [0.3, 0.4) is 0 Å². The van der Waals surface area contributed by atoms with E-state index < -0.39 is 10.0 Å². The lowest BCUT2D eigenvalue weighted by Gasteiger charge is -2.13. The van der Waals surface area contributed by atoms with Crippen molar-refractivity contribution in [1.82, 2.24) is 4.72 Å². The van der Waals surface area contributed by atoms with Crippen LogP contribution in [0, 0.1) is 0 Å². The molecular weight excluding hydrogens is 164 g/mol. The van der Waals surface area contributed by atoms with Gasteiger partial charge in [0.1, 0.15) is 0 Å². The molecular formula is C6H16N2O2S. The third kappa shape index (κ3) is 6.28. The summed E-state index contributed by atoms with van der Waals surface area (Å²) >= 11 is 0. The molecule has 0 radical (unpaired) electrons. The van der Waals surface area contributed by atoms with Gasteiger partial charge in [-0.15, -0.1) is 0 Å². The van der Waals surface area contributed by atoms with Crippen molar-refractivity contribution in [3.63, 3.8) is 0 Å². The molecule has 0 aromatic rings. The number of hydrogen-bond acceptors (Lipinski definition) is 3. The Bertz CT molecular complexity index is 189. The van der Waals surface area contributed by atoms with E-state index in [9.17, 15) is 8.42 Å². The maximum absolute atomic E-state index is 10.7. The molecule has 0 fully saturated rings. The van der Waals surface area contributed by atoms with Crippen molar-refractivity contribution < 1.29 is 8.42 Å². The molecule has 0 amide bonds. The maximum Gasteiger partial charge on any atom is 0.208 e. The summed E-state index contributed by atoms with van der Waals surface area (Å²) in [4.78, 5) is 0. The highest BCUT2D eigenvalue weighted by atomic mass is 32.2. The van der Waals surface area contributed by atoms with Crippen LogP contribution in [0.25, 0.3) is 0 Å². The molecule has 0 bridgehead atoms. The zero-order valence-corrected chi connectivity index (χ0v) is 7.82. The van der Waals surface area contributed by atoms with Gasteiger partial charge in [0.25, 0.3) is 0 Å². The van der Waals surface area contributed by atoms with E-state index in [4.69, 9.17) is 5.73 Å². The molecule has 0 heterocycles. The second-order valence-electron chi connectivity index (χ2n) is 2.61. The predicted molar refractivity (Wildman–Crippen MR) is 45.7 cm³/mol. The van der Waals surface area contributed by atoms with E-state index >= 15 is 0 Å². The third-order valence-electron chi connectivity index (χ3n) is 1.30. The lowest BCUT2D eigenvalue weighted by Crippen LogP contribution is -2.39. The standard InChI is InChI=1S/C6H16N2O2S/c1-3-4-6(5-7)8-11(2,9)10/h6,8H,3-5,7H2,1-2H3. The van der Waals surface area contributed by atoms with E-state index in [0.717, 1.165) is 19.1 Å². The van der Waals surface area contributed by atoms with Crippen LogP contribution in [0.1, 0.15) is 19.8 Å². The fourth-order valence-electron chi connectivity index (χ4n) is 0.876. The van der Waals surface area contributed by atoms with Crippen LogP contribution in [0.2, 0.25) is 0 Å². The molecule has 0 aliphatic carbocycles. The first-order valence-corrected chi connectivity index (χ1v) is 5.56. The van der Waals surface area contributed by atoms with Crippen molar-refractivity contribution in [2.75, 3.05) is 12.8 Å². The Labute approximate surface area is 68.2 Å². The molecule has 0 aromatic heterocycles. The number of nitrogens with two attached hydrogens (primary N) is 1. The van der Waals surface area contributed by atoms with Crippen LogP contribution in [0.4, 0.5) is 0 Å². The largest absolute Gasteiger partial charge is 0.329 e. The summed E-state index contributed by atoms with van der Waals surface area (Å²) in [7, 11) is -3.09. The van der Waals surface area contributed by atoms with Gasteiger partial charge in [0.2, 0.25) is 10.0 Å². The second kappa shape index (κ2) is 4.69. The second-order valence-corrected chi connectivity index (χ2v) is 4.39. The van der Waals surface area contributed by atoms with E-state index in [1.807, 2.05) is 6.92 Å². The summed E-state index contributed by atoms with van der Waals surface area (Å²) in [6, 6.07) is -0.102. The van der Waals surface area contributed by atoms with E-state index in [1.165, 1.54) is 0 Å². The smallest absolute Gasteiger partial charge is 0.208 e. The summed E-state index contributed by atoms with van der Waals surface area (Å²) in [6.07, 6.45) is 2.87. The first-order chi connectivity index (χ1) is 4.99. The van der Waals surface area contributed by atoms with Crippen LogP contribution in [-0.4, -0.2) is 27.3 Å². The molecule has 5 heteroatoms. The lowest BCUT2D eigenvalue weighted by molar-refractivity contribution is 0.531. The summed E-state index contributed by atoms with van der Waals surface area (Å²) in [5.41, 5.74) is 5.34. The molecule has 11 heavy (non-hydrogen) atoms. The molecule has 0 aliphatic rings. The van der Waals surface area contributed by atoms with Gasteiger partial charge in [-0.1, -0.05) is 13.3 Å². The normalized spacial score (nSPS) is 14.8. The van der Waals surface area contributed by atoms with Crippen LogP contribution in [0.5, 0.6) is 0 Å². The zero-order valence-electron chi connectivity index (χ0n) is 7.00. The van der Waals surface area contributed by atoms with E-state index in [1.54, 1.807) is 0 Å². The molecule has 0 aliphatic heterocycles. The summed E-state index contributed by atoms with van der Waals surface area (Å²) < 4.78 is 23.9. The highest BCUT2D eigenvalue weighted by Gasteiger charge is 2.09. The average molecular weight is 180 g/mol. The summed E-state index contributed by atoms with van der Waals surface area (Å²) in [6.45, 7) is 2.35. The Kier molecular flexibility index (Phi) is 4.63. The van der Waals surface area contributed by atoms with Gasteiger partial charge in [0, 0.05) is 12.6 Å². The Morgan fingerprint density at radius 1 is 1.55 bits per heavy atom. The van der Waals surface area contributed by atoms with E-state index in [2.05, 4.69) is 4.72 Å². The van der Waals surface area contributed by atoms with Crippen LogP contribution >= 0.6 is 0 Å². The van der Waals surface area contributed by atoms with Crippen LogP contribution in [0.15, 0.2) is 0 Å². The van der Waals surface area contributed by atoms with Crippen LogP contribution in [-0.2, 0) is 10.0 Å². The zero-order chi connectivity index (χ0) is 8.91. The molecule has 0 rings (SSSR count). The van der Waals surface area contributed by atoms with Crippen LogP contribution < -0.4 is 10.5 Å². The van der Waals surface area contributed by atoms with Crippen molar-refractivity contribution in [3.05, 3.63) is 0 Å². The monoisotopic (exact) mass is 180 g/mol. The minimum absolute atomic E-state index is 0.102. The highest BCUT2D eigenvalue weighted by molar-refractivity contribution is 7.88. The van der Waals surface area contributed by atoms with Gasteiger partial charge >= 0.3 is 0 Å². The number of nitrogens with one attached hydrogen (secondary N) is 1. The van der Waals surface area contributed by atoms with Gasteiger partial charge < -0.3 is 5.73 Å². The van der Waals surface area contributed by atoms with Gasteiger partial charge in [-0.25, -0.2) is 13.1 Å². The van der Waals surface area contributed by atoms with Gasteiger partial charge in [0.05, 0.1) is 6.26 Å². The predicted octanol–water partition coefficient (Wildman–Crippen LogP) is -0.337. The SMILES string of the molecule is CCCC(CN)NS(C)(=O)=O. The fraction of sp³-hybridized carbons (Fsp3) is 1.00. The minimum Gasteiger partial charge on any atom is -0.329 e. The minimum atomic E-state index is -3.09. The van der Waals surface area contributed by atoms with Crippen molar-refractivity contribution in [2.24, 2.45) is 5.73 Å². The first-order valence-electron chi connectivity index (χ1n) is 3.67. The molecule has 0 saturated carbocycles. The number of rotatable bonds is 5. The van der Waals surface area contributed by atoms with Gasteiger partial charge in [-0.3, -0.25) is 0 Å². The molecule has 1 atom stereocenters. The maximum atomic E-state index is 10.7. The average Bonchev–Trinajstić information content (AvgIpc) is 1.84. The molecule has 3 N–H and O–H groups in total. The molecule has 4 nitrogen and oxygen atoms in total. The fourth-order valence-corrected chi connectivity index (χ4v) is 1.70. The molecule has 0 aromatic carbocycles. The van der Waals surface area contributed by atoms with Gasteiger partial charge in [-0.05, 0) is 6.42 Å². The summed E-state index contributed by atoms with van der Waals surface area (Å²) in [5, 5.41) is 0. The Balaban J connectivity index is 3.88. The van der Waals surface area contributed by atoms with Gasteiger partial charge in [0.15, 0.2) is 0 Å². The quantitative estimate of drug-likeness (QED) is 0.608. The summed E-state index contributed by atoms with van der Waals surface area (Å²) in [5.74, 6) is 0. The Morgan fingerprint density at radius 3 is 2.36 bits per heavy atom. The van der Waals surface area contributed by atoms with Crippen molar-refractivity contribution in [3.8, 4) is 0 Å². The first kappa shape index (κ1) is 10.9. The van der Waals surface area contributed by atoms with E-state index in [-0.39, 0.29) is 6.04 Å². The van der Waals surface area contributed by atoms with Gasteiger partial charge in [-0.2, -0.15) is 0 Å². The van der Waals surface area contributed by atoms with E-state index in [0.29, 0.717) is 6.54 Å². The highest BCUT2D eigenvalue weighted by Crippen LogP contribution is 1.95. The van der Waals surface area contributed by atoms with Crippen molar-refractivity contribution in [2.45, 2.75) is 25.8 Å². The third-order valence-corrected chi connectivity index (χ3v) is 2.06. The molecule has 68 valence electrons. The molecule has 1 unspecified atom stereocenters. The number of sulfonamides is 1. The van der Waals surface area contributed by atoms with Crippen molar-refractivity contribution >= 4 is 10.0 Å². The topological polar surface area (TPSA) is 72.2 Å². The lowest BCUT2D eigenvalue weighted by atomic mass is 10.2. The molecule has 0 spiro atoms. The number of hydrogen-bond donors (Lipinski definition) is 2. The Morgan fingerprint density at radius 2 is 2.09 bits per heavy atom. The van der Waals surface area contributed by atoms with Crippen molar-refractivity contribution in [1.29, 1.82) is 0 Å².